The van der Waals surface area contributed by atoms with E-state index in [4.69, 9.17) is 0 Å². The normalized spacial score (nSPS) is 51.8. The van der Waals surface area contributed by atoms with E-state index in [1.165, 1.54) is 19.3 Å². The molecule has 12 heavy (non-hydrogen) atoms. The largest absolute Gasteiger partial charge is 0.396 e. The van der Waals surface area contributed by atoms with Gasteiger partial charge in [0.05, 0.1) is 0 Å². The van der Waals surface area contributed by atoms with Crippen LogP contribution in [0.2, 0.25) is 0 Å². The van der Waals surface area contributed by atoms with E-state index in [1.54, 1.807) is 0 Å². The van der Waals surface area contributed by atoms with Crippen LogP contribution < -0.4 is 0 Å². The van der Waals surface area contributed by atoms with Crippen LogP contribution in [-0.4, -0.2) is 11.7 Å². The van der Waals surface area contributed by atoms with Crippen LogP contribution >= 0.6 is 0 Å². The predicted molar refractivity (Wildman–Crippen MR) is 49.7 cm³/mol. The van der Waals surface area contributed by atoms with Gasteiger partial charge in [-0.3, -0.25) is 0 Å². The van der Waals surface area contributed by atoms with Crippen molar-refractivity contribution in [3.63, 3.8) is 0 Å². The van der Waals surface area contributed by atoms with E-state index >= 15 is 0 Å². The maximum Gasteiger partial charge on any atom is 0.0464 e. The van der Waals surface area contributed by atoms with Crippen LogP contribution in [0.4, 0.5) is 0 Å². The monoisotopic (exact) mass is 168 g/mol. The standard InChI is InChI=1S/C11H20O/c1-3-8-4-9-5-10(8)11(6-12)7(9)2/h7-12H,3-6H2,1-2H3. The third-order valence-electron chi connectivity index (χ3n) is 4.49. The summed E-state index contributed by atoms with van der Waals surface area (Å²) in [5.74, 6) is 4.16. The molecule has 2 bridgehead atoms. The lowest BCUT2D eigenvalue weighted by Crippen LogP contribution is -2.28. The Morgan fingerprint density at radius 1 is 1.33 bits per heavy atom. The molecule has 0 heterocycles. The van der Waals surface area contributed by atoms with E-state index in [0.29, 0.717) is 12.5 Å². The van der Waals surface area contributed by atoms with Gasteiger partial charge in [-0.1, -0.05) is 20.3 Å². The predicted octanol–water partition coefficient (Wildman–Crippen LogP) is 2.30. The molecule has 0 aromatic rings. The maximum atomic E-state index is 9.27. The second kappa shape index (κ2) is 3.02. The molecule has 2 fully saturated rings. The summed E-state index contributed by atoms with van der Waals surface area (Å²) in [5.41, 5.74) is 0. The second-order valence-corrected chi connectivity index (χ2v) is 4.77. The quantitative estimate of drug-likeness (QED) is 0.670. The zero-order valence-corrected chi connectivity index (χ0v) is 8.16. The van der Waals surface area contributed by atoms with Gasteiger partial charge in [-0.05, 0) is 42.4 Å². The molecule has 0 aliphatic heterocycles. The van der Waals surface area contributed by atoms with Crippen LogP contribution in [-0.2, 0) is 0 Å². The highest BCUT2D eigenvalue weighted by molar-refractivity contribution is 4.98. The molecule has 2 rings (SSSR count). The molecular formula is C11H20O. The fourth-order valence-corrected chi connectivity index (χ4v) is 3.67. The number of aliphatic hydroxyl groups is 1. The van der Waals surface area contributed by atoms with Gasteiger partial charge < -0.3 is 5.11 Å². The van der Waals surface area contributed by atoms with Crippen LogP contribution in [0.25, 0.3) is 0 Å². The number of hydrogen-bond acceptors (Lipinski definition) is 1. The first-order valence-corrected chi connectivity index (χ1v) is 5.38. The summed E-state index contributed by atoms with van der Waals surface area (Å²) in [4.78, 5) is 0. The summed E-state index contributed by atoms with van der Waals surface area (Å²) >= 11 is 0. The molecule has 1 heteroatoms. The summed E-state index contributed by atoms with van der Waals surface area (Å²) in [6.07, 6.45) is 4.17. The highest BCUT2D eigenvalue weighted by Crippen LogP contribution is 2.55. The smallest absolute Gasteiger partial charge is 0.0464 e. The topological polar surface area (TPSA) is 20.2 Å². The summed E-state index contributed by atoms with van der Waals surface area (Å²) in [5, 5.41) is 9.27. The molecule has 0 amide bonds. The van der Waals surface area contributed by atoms with E-state index in [2.05, 4.69) is 13.8 Å². The first-order chi connectivity index (χ1) is 5.77. The summed E-state index contributed by atoms with van der Waals surface area (Å²) in [6.45, 7) is 5.06. The molecule has 1 nitrogen and oxygen atoms in total. The molecule has 1 N–H and O–H groups in total. The van der Waals surface area contributed by atoms with E-state index in [9.17, 15) is 5.11 Å². The Hall–Kier alpha value is -0.0400. The first-order valence-electron chi connectivity index (χ1n) is 5.38. The average molecular weight is 168 g/mol. The Morgan fingerprint density at radius 2 is 2.08 bits per heavy atom. The van der Waals surface area contributed by atoms with Gasteiger partial charge in [0.1, 0.15) is 0 Å². The van der Waals surface area contributed by atoms with Gasteiger partial charge in [0, 0.05) is 6.61 Å². The minimum atomic E-state index is 0.429. The lowest BCUT2D eigenvalue weighted by Gasteiger charge is -2.32. The molecule has 2 aliphatic carbocycles. The van der Waals surface area contributed by atoms with Gasteiger partial charge in [-0.15, -0.1) is 0 Å². The summed E-state index contributed by atoms with van der Waals surface area (Å²) in [7, 11) is 0. The van der Waals surface area contributed by atoms with E-state index in [1.807, 2.05) is 0 Å². The van der Waals surface area contributed by atoms with Crippen molar-refractivity contribution in [2.24, 2.45) is 29.6 Å². The number of hydrogen-bond donors (Lipinski definition) is 1. The van der Waals surface area contributed by atoms with Crippen LogP contribution in [0.1, 0.15) is 33.1 Å². The highest BCUT2D eigenvalue weighted by atomic mass is 16.3. The van der Waals surface area contributed by atoms with Crippen molar-refractivity contribution in [1.82, 2.24) is 0 Å². The molecule has 0 radical (unpaired) electrons. The van der Waals surface area contributed by atoms with Gasteiger partial charge >= 0.3 is 0 Å². The van der Waals surface area contributed by atoms with Crippen LogP contribution in [0.3, 0.4) is 0 Å². The number of fused-ring (bicyclic) bond motifs is 2. The molecule has 0 aromatic carbocycles. The number of rotatable bonds is 2. The van der Waals surface area contributed by atoms with Crippen LogP contribution in [0.15, 0.2) is 0 Å². The van der Waals surface area contributed by atoms with E-state index in [0.717, 1.165) is 23.7 Å². The second-order valence-electron chi connectivity index (χ2n) is 4.77. The average Bonchev–Trinajstić information content (AvgIpc) is 2.61. The van der Waals surface area contributed by atoms with Gasteiger partial charge in [0.25, 0.3) is 0 Å². The Balaban J connectivity index is 2.09. The lowest BCUT2D eigenvalue weighted by atomic mass is 9.74. The molecule has 2 saturated carbocycles. The van der Waals surface area contributed by atoms with E-state index in [-0.39, 0.29) is 0 Å². The lowest BCUT2D eigenvalue weighted by molar-refractivity contribution is 0.0988. The Labute approximate surface area is 75.2 Å². The van der Waals surface area contributed by atoms with Crippen LogP contribution in [0, 0.1) is 29.6 Å². The van der Waals surface area contributed by atoms with Gasteiger partial charge in [0.15, 0.2) is 0 Å². The Morgan fingerprint density at radius 3 is 2.58 bits per heavy atom. The summed E-state index contributed by atoms with van der Waals surface area (Å²) in [6, 6.07) is 0. The highest BCUT2D eigenvalue weighted by Gasteiger charge is 2.49. The third-order valence-corrected chi connectivity index (χ3v) is 4.49. The van der Waals surface area contributed by atoms with Crippen molar-refractivity contribution >= 4 is 0 Å². The molecule has 5 unspecified atom stereocenters. The maximum absolute atomic E-state index is 9.27. The van der Waals surface area contributed by atoms with Crippen molar-refractivity contribution < 1.29 is 5.11 Å². The molecule has 0 aromatic heterocycles. The fourth-order valence-electron chi connectivity index (χ4n) is 3.67. The van der Waals surface area contributed by atoms with Crippen LogP contribution in [0.5, 0.6) is 0 Å². The fraction of sp³-hybridized carbons (Fsp3) is 1.00. The van der Waals surface area contributed by atoms with Crippen molar-refractivity contribution in [3.05, 3.63) is 0 Å². The molecule has 2 aliphatic rings. The van der Waals surface area contributed by atoms with Gasteiger partial charge in [-0.2, -0.15) is 0 Å². The van der Waals surface area contributed by atoms with Crippen molar-refractivity contribution in [3.8, 4) is 0 Å². The third kappa shape index (κ3) is 1.02. The zero-order chi connectivity index (χ0) is 8.72. The van der Waals surface area contributed by atoms with Gasteiger partial charge in [-0.25, -0.2) is 0 Å². The Bertz CT molecular complexity index is 166. The van der Waals surface area contributed by atoms with Crippen molar-refractivity contribution in [1.29, 1.82) is 0 Å². The minimum Gasteiger partial charge on any atom is -0.396 e. The van der Waals surface area contributed by atoms with Gasteiger partial charge in [0.2, 0.25) is 0 Å². The van der Waals surface area contributed by atoms with E-state index < -0.39 is 0 Å². The summed E-state index contributed by atoms with van der Waals surface area (Å²) < 4.78 is 0. The zero-order valence-electron chi connectivity index (χ0n) is 8.16. The molecule has 0 saturated heterocycles. The molecule has 5 atom stereocenters. The molecule has 70 valence electrons. The van der Waals surface area contributed by atoms with Crippen molar-refractivity contribution in [2.45, 2.75) is 33.1 Å². The minimum absolute atomic E-state index is 0.429. The van der Waals surface area contributed by atoms with Crippen molar-refractivity contribution in [2.75, 3.05) is 6.61 Å². The molecular weight excluding hydrogens is 148 g/mol. The SMILES string of the molecule is CCC1CC2CC1C(CO)C2C. The number of aliphatic hydroxyl groups excluding tert-OH is 1. The Kier molecular flexibility index (Phi) is 2.16. The first kappa shape index (κ1) is 8.55. The molecule has 0 spiro atoms.